The Morgan fingerprint density at radius 3 is 2.27 bits per heavy atom. The zero-order chi connectivity index (χ0) is 7.98. The van der Waals surface area contributed by atoms with Gasteiger partial charge in [0, 0.05) is 21.1 Å². The topological polar surface area (TPSA) is 12.0 Å². The molecule has 1 heterocycles. The molecule has 1 atom stereocenters. The van der Waals surface area contributed by atoms with E-state index in [2.05, 4.69) is 24.4 Å². The summed E-state index contributed by atoms with van der Waals surface area (Å²) in [5.74, 6) is 0. The van der Waals surface area contributed by atoms with Crippen molar-refractivity contribution >= 4 is 0 Å². The third kappa shape index (κ3) is 6.37. The minimum absolute atomic E-state index is 0. The summed E-state index contributed by atoms with van der Waals surface area (Å²) in [6.07, 6.45) is 7.07. The van der Waals surface area contributed by atoms with E-state index < -0.39 is 0 Å². The van der Waals surface area contributed by atoms with Crippen molar-refractivity contribution in [3.8, 4) is 0 Å². The van der Waals surface area contributed by atoms with Gasteiger partial charge in [0.2, 0.25) is 0 Å². The van der Waals surface area contributed by atoms with Gasteiger partial charge in [0.25, 0.3) is 0 Å². The molecule has 2 heteroatoms. The molecule has 0 bridgehead atoms. The van der Waals surface area contributed by atoms with Crippen molar-refractivity contribution < 1.29 is 21.1 Å². The molecule has 0 aliphatic carbocycles. The number of dihydropyridines is 1. The van der Waals surface area contributed by atoms with Gasteiger partial charge in [0.1, 0.15) is 0 Å². The van der Waals surface area contributed by atoms with Gasteiger partial charge in [0.05, 0.1) is 0 Å². The van der Waals surface area contributed by atoms with Crippen molar-refractivity contribution in [2.75, 3.05) is 0 Å². The number of allylic oxidation sites excluding steroid dienone is 3. The van der Waals surface area contributed by atoms with E-state index in [-0.39, 0.29) is 21.1 Å². The molecular formula is C9H16NW-. The van der Waals surface area contributed by atoms with Gasteiger partial charge in [0.15, 0.2) is 0 Å². The molecule has 0 aromatic carbocycles. The van der Waals surface area contributed by atoms with Gasteiger partial charge >= 0.3 is 0 Å². The predicted molar refractivity (Wildman–Crippen MR) is 45.5 cm³/mol. The van der Waals surface area contributed by atoms with Crippen LogP contribution >= 0.6 is 0 Å². The molecule has 0 amide bonds. The molecule has 0 aromatic heterocycles. The summed E-state index contributed by atoms with van der Waals surface area (Å²) in [5.41, 5.74) is 1.13. The summed E-state index contributed by atoms with van der Waals surface area (Å²) in [6.45, 7) is 8.13. The molecule has 64 valence electrons. The van der Waals surface area contributed by atoms with Gasteiger partial charge in [-0.2, -0.15) is 0 Å². The van der Waals surface area contributed by atoms with E-state index in [9.17, 15) is 0 Å². The largest absolute Gasteiger partial charge is 0.415 e. The molecule has 1 rings (SSSR count). The summed E-state index contributed by atoms with van der Waals surface area (Å²) in [4.78, 5) is 0. The van der Waals surface area contributed by atoms with Crippen molar-refractivity contribution in [3.05, 3.63) is 23.9 Å². The maximum Gasteiger partial charge on any atom is 0 e. The molecule has 0 radical (unpaired) electrons. The number of hydrogen-bond donors (Lipinski definition) is 1. The van der Waals surface area contributed by atoms with Crippen LogP contribution < -0.4 is 5.32 Å². The molecule has 0 aromatic rings. The Kier molecular flexibility index (Phi) is 9.94. The second kappa shape index (κ2) is 8.07. The van der Waals surface area contributed by atoms with Crippen LogP contribution in [0.25, 0.3) is 0 Å². The van der Waals surface area contributed by atoms with Crippen LogP contribution in [0.15, 0.2) is 17.8 Å². The van der Waals surface area contributed by atoms with Gasteiger partial charge in [-0.1, -0.05) is 26.5 Å². The van der Waals surface area contributed by atoms with Crippen molar-refractivity contribution in [3.63, 3.8) is 0 Å². The maximum atomic E-state index is 3.20. The van der Waals surface area contributed by atoms with Gasteiger partial charge in [-0.3, -0.25) is 0 Å². The Morgan fingerprint density at radius 2 is 2.00 bits per heavy atom. The molecule has 1 nitrogen and oxygen atoms in total. The van der Waals surface area contributed by atoms with E-state index in [0.29, 0.717) is 6.04 Å². The summed E-state index contributed by atoms with van der Waals surface area (Å²) in [7, 11) is 0. The molecule has 1 N–H and O–H groups in total. The first-order valence-electron chi connectivity index (χ1n) is 3.82. The fourth-order valence-corrected chi connectivity index (χ4v) is 0.749. The molecule has 0 saturated carbocycles. The first-order valence-corrected chi connectivity index (χ1v) is 3.82. The zero-order valence-electron chi connectivity index (χ0n) is 7.64. The normalized spacial score (nSPS) is 20.0. The van der Waals surface area contributed by atoms with E-state index in [1.54, 1.807) is 0 Å². The Balaban J connectivity index is 0. The van der Waals surface area contributed by atoms with Gasteiger partial charge in [-0.25, -0.2) is 18.2 Å². The smallest absolute Gasteiger partial charge is 0 e. The number of nitrogens with one attached hydrogen (secondary N) is 1. The first-order chi connectivity index (χ1) is 4.79. The Labute approximate surface area is 84.2 Å². The second-order valence-corrected chi connectivity index (χ2v) is 2.06. The summed E-state index contributed by atoms with van der Waals surface area (Å²) in [5, 5.41) is 3.20. The maximum absolute atomic E-state index is 3.20. The van der Waals surface area contributed by atoms with Gasteiger partial charge in [-0.05, 0) is 13.0 Å². The molecule has 1 unspecified atom stereocenters. The summed E-state index contributed by atoms with van der Waals surface area (Å²) in [6, 6.07) is 0.483. The van der Waals surface area contributed by atoms with Crippen molar-refractivity contribution in [1.29, 1.82) is 0 Å². The molecule has 1 aliphatic rings. The average Bonchev–Trinajstić information content (AvgIpc) is 1.91. The number of rotatable bonds is 0. The van der Waals surface area contributed by atoms with E-state index in [4.69, 9.17) is 0 Å². The first kappa shape index (κ1) is 13.6. The number of hydrogen-bond acceptors (Lipinski definition) is 1. The minimum atomic E-state index is 0. The van der Waals surface area contributed by atoms with Gasteiger partial charge in [-0.15, -0.1) is 0 Å². The predicted octanol–water partition coefficient (Wildman–Crippen LogP) is 2.26. The van der Waals surface area contributed by atoms with Crippen molar-refractivity contribution in [2.45, 2.75) is 33.7 Å². The van der Waals surface area contributed by atoms with Crippen LogP contribution in [0.3, 0.4) is 0 Å². The van der Waals surface area contributed by atoms with Crippen LogP contribution in [0.4, 0.5) is 0 Å². The van der Waals surface area contributed by atoms with E-state index >= 15 is 0 Å². The summed E-state index contributed by atoms with van der Waals surface area (Å²) >= 11 is 0. The van der Waals surface area contributed by atoms with E-state index in [1.165, 1.54) is 0 Å². The molecule has 0 fully saturated rings. The zero-order valence-corrected chi connectivity index (χ0v) is 10.6. The summed E-state index contributed by atoms with van der Waals surface area (Å²) < 4.78 is 0. The Bertz CT molecular complexity index is 138. The quantitative estimate of drug-likeness (QED) is 0.675. The fraction of sp³-hybridized carbons (Fsp3) is 0.556. The third-order valence-electron chi connectivity index (χ3n) is 1.13. The molecule has 0 saturated heterocycles. The second-order valence-electron chi connectivity index (χ2n) is 2.06. The van der Waals surface area contributed by atoms with Gasteiger partial charge < -0.3 is 5.32 Å². The molecular weight excluding hydrogens is 306 g/mol. The Morgan fingerprint density at radius 1 is 1.45 bits per heavy atom. The Hall–Kier alpha value is -0.0317. The van der Waals surface area contributed by atoms with Crippen LogP contribution in [0.1, 0.15) is 27.7 Å². The van der Waals surface area contributed by atoms with Crippen LogP contribution in [0.2, 0.25) is 0 Å². The van der Waals surface area contributed by atoms with E-state index in [1.807, 2.05) is 26.8 Å². The van der Waals surface area contributed by atoms with Crippen LogP contribution in [0, 0.1) is 6.08 Å². The third-order valence-corrected chi connectivity index (χ3v) is 1.13. The molecule has 11 heavy (non-hydrogen) atoms. The standard InChI is InChI=1S/C7H10N.C2H6.W/c1-6-4-3-5-7(2)8-6;1-2;/h3-4,6,8H,1-2H3;1-2H3;/q-1;;. The monoisotopic (exact) mass is 322 g/mol. The fourth-order valence-electron chi connectivity index (χ4n) is 0.749. The van der Waals surface area contributed by atoms with Crippen molar-refractivity contribution in [2.24, 2.45) is 0 Å². The van der Waals surface area contributed by atoms with Crippen LogP contribution in [0.5, 0.6) is 0 Å². The SMILES string of the molecule is CC.CC1=[C-]C=CC(C)N1.[W]. The van der Waals surface area contributed by atoms with E-state index in [0.717, 1.165) is 5.70 Å². The van der Waals surface area contributed by atoms with Crippen LogP contribution in [-0.2, 0) is 21.1 Å². The molecule has 1 aliphatic heterocycles. The minimum Gasteiger partial charge on any atom is -0.415 e. The van der Waals surface area contributed by atoms with Crippen LogP contribution in [-0.4, -0.2) is 6.04 Å². The molecule has 0 spiro atoms. The average molecular weight is 322 g/mol. The van der Waals surface area contributed by atoms with Crippen molar-refractivity contribution in [1.82, 2.24) is 5.32 Å².